The summed E-state index contributed by atoms with van der Waals surface area (Å²) in [4.78, 5) is 12.6. The first kappa shape index (κ1) is 15.4. The van der Waals surface area contributed by atoms with E-state index in [-0.39, 0.29) is 11.9 Å². The van der Waals surface area contributed by atoms with Crippen molar-refractivity contribution in [1.29, 1.82) is 0 Å². The highest BCUT2D eigenvalue weighted by Crippen LogP contribution is 2.32. The van der Waals surface area contributed by atoms with E-state index < -0.39 is 0 Å². The molecule has 0 aromatic heterocycles. The van der Waals surface area contributed by atoms with Gasteiger partial charge in [0, 0.05) is 12.0 Å². The standard InChI is InChI=1S/C19H21NO3/c1-13-11-17-18(23-10-6-9-22-17)12-16(13)19(21)20-14(2)15-7-4-3-5-8-15/h3-5,7-8,11-12,14H,6,9-10H2,1-2H3,(H,20,21)/t14-/m0/s1. The molecule has 0 saturated carbocycles. The highest BCUT2D eigenvalue weighted by molar-refractivity contribution is 5.96. The molecule has 23 heavy (non-hydrogen) atoms. The van der Waals surface area contributed by atoms with E-state index in [1.807, 2.05) is 50.2 Å². The van der Waals surface area contributed by atoms with Crippen LogP contribution in [0.4, 0.5) is 0 Å². The van der Waals surface area contributed by atoms with Gasteiger partial charge in [0.1, 0.15) is 0 Å². The summed E-state index contributed by atoms with van der Waals surface area (Å²) in [5, 5.41) is 3.04. The zero-order valence-electron chi connectivity index (χ0n) is 13.5. The van der Waals surface area contributed by atoms with E-state index in [9.17, 15) is 4.79 Å². The van der Waals surface area contributed by atoms with Crippen LogP contribution in [0.3, 0.4) is 0 Å². The summed E-state index contributed by atoms with van der Waals surface area (Å²) < 4.78 is 11.3. The molecule has 4 nitrogen and oxygen atoms in total. The monoisotopic (exact) mass is 311 g/mol. The van der Waals surface area contributed by atoms with Gasteiger partial charge in [0.05, 0.1) is 19.3 Å². The van der Waals surface area contributed by atoms with Crippen LogP contribution in [0.1, 0.15) is 40.9 Å². The molecule has 2 aromatic carbocycles. The first-order valence-corrected chi connectivity index (χ1v) is 7.91. The van der Waals surface area contributed by atoms with E-state index in [1.54, 1.807) is 6.07 Å². The van der Waals surface area contributed by atoms with Gasteiger partial charge in [-0.2, -0.15) is 0 Å². The van der Waals surface area contributed by atoms with Gasteiger partial charge in [0.2, 0.25) is 0 Å². The molecule has 0 aliphatic carbocycles. The van der Waals surface area contributed by atoms with Crippen LogP contribution in [0, 0.1) is 6.92 Å². The quantitative estimate of drug-likeness (QED) is 0.941. The third-order valence-electron chi connectivity index (χ3n) is 3.99. The van der Waals surface area contributed by atoms with Crippen molar-refractivity contribution >= 4 is 5.91 Å². The molecule has 1 amide bonds. The fourth-order valence-corrected chi connectivity index (χ4v) is 2.65. The maximum atomic E-state index is 12.6. The van der Waals surface area contributed by atoms with Crippen LogP contribution in [-0.2, 0) is 0 Å². The van der Waals surface area contributed by atoms with Crippen molar-refractivity contribution in [2.45, 2.75) is 26.3 Å². The molecule has 120 valence electrons. The molecule has 1 heterocycles. The number of aryl methyl sites for hydroxylation is 1. The average molecular weight is 311 g/mol. The van der Waals surface area contributed by atoms with Crippen LogP contribution in [-0.4, -0.2) is 19.1 Å². The Bertz CT molecular complexity index is 697. The van der Waals surface area contributed by atoms with Crippen LogP contribution in [0.25, 0.3) is 0 Å². The predicted octanol–water partition coefficient (Wildman–Crippen LogP) is 3.65. The Morgan fingerprint density at radius 1 is 1.09 bits per heavy atom. The largest absolute Gasteiger partial charge is 0.490 e. The molecule has 0 radical (unpaired) electrons. The van der Waals surface area contributed by atoms with Crippen LogP contribution < -0.4 is 14.8 Å². The first-order chi connectivity index (χ1) is 11.1. The van der Waals surface area contributed by atoms with Gasteiger partial charge in [-0.1, -0.05) is 30.3 Å². The fraction of sp³-hybridized carbons (Fsp3) is 0.316. The van der Waals surface area contributed by atoms with Gasteiger partial charge < -0.3 is 14.8 Å². The summed E-state index contributed by atoms with van der Waals surface area (Å²) in [6.07, 6.45) is 0.848. The number of fused-ring (bicyclic) bond motifs is 1. The molecule has 4 heteroatoms. The Labute approximate surface area is 136 Å². The lowest BCUT2D eigenvalue weighted by atomic mass is 10.0. The van der Waals surface area contributed by atoms with E-state index in [0.29, 0.717) is 30.3 Å². The van der Waals surface area contributed by atoms with Crippen molar-refractivity contribution in [1.82, 2.24) is 5.32 Å². The third kappa shape index (κ3) is 3.47. The number of nitrogens with one attached hydrogen (secondary N) is 1. The lowest BCUT2D eigenvalue weighted by molar-refractivity contribution is 0.0939. The number of benzene rings is 2. The van der Waals surface area contributed by atoms with Gasteiger partial charge >= 0.3 is 0 Å². The maximum absolute atomic E-state index is 12.6. The topological polar surface area (TPSA) is 47.6 Å². The molecular weight excluding hydrogens is 290 g/mol. The normalized spacial score (nSPS) is 14.7. The molecular formula is C19H21NO3. The molecule has 1 aliphatic heterocycles. The van der Waals surface area contributed by atoms with Crippen LogP contribution in [0.15, 0.2) is 42.5 Å². The summed E-state index contributed by atoms with van der Waals surface area (Å²) in [5.74, 6) is 1.26. The van der Waals surface area contributed by atoms with Gasteiger partial charge in [0.25, 0.3) is 5.91 Å². The van der Waals surface area contributed by atoms with Gasteiger partial charge in [0.15, 0.2) is 11.5 Å². The van der Waals surface area contributed by atoms with Crippen molar-refractivity contribution in [3.63, 3.8) is 0 Å². The maximum Gasteiger partial charge on any atom is 0.252 e. The summed E-state index contributed by atoms with van der Waals surface area (Å²) in [6.45, 7) is 5.14. The molecule has 0 fully saturated rings. The van der Waals surface area contributed by atoms with Gasteiger partial charge in [-0.05, 0) is 37.1 Å². The van der Waals surface area contributed by atoms with E-state index in [0.717, 1.165) is 17.5 Å². The van der Waals surface area contributed by atoms with Crippen molar-refractivity contribution in [2.75, 3.05) is 13.2 Å². The first-order valence-electron chi connectivity index (χ1n) is 7.91. The SMILES string of the molecule is Cc1cc2c(cc1C(=O)N[C@@H](C)c1ccccc1)OCCCO2. The number of carbonyl (C=O) groups excluding carboxylic acids is 1. The highest BCUT2D eigenvalue weighted by atomic mass is 16.5. The third-order valence-corrected chi connectivity index (χ3v) is 3.99. The molecule has 0 bridgehead atoms. The zero-order valence-corrected chi connectivity index (χ0v) is 13.5. The fourth-order valence-electron chi connectivity index (χ4n) is 2.65. The van der Waals surface area contributed by atoms with Crippen LogP contribution >= 0.6 is 0 Å². The van der Waals surface area contributed by atoms with Gasteiger partial charge in [-0.25, -0.2) is 0 Å². The van der Waals surface area contributed by atoms with Crippen molar-refractivity contribution < 1.29 is 14.3 Å². The molecule has 0 spiro atoms. The molecule has 3 rings (SSSR count). The molecule has 1 atom stereocenters. The summed E-state index contributed by atoms with van der Waals surface area (Å²) in [7, 11) is 0. The van der Waals surface area contributed by atoms with E-state index in [4.69, 9.17) is 9.47 Å². The molecule has 2 aromatic rings. The summed E-state index contributed by atoms with van der Waals surface area (Å²) in [5.41, 5.74) is 2.58. The second-order valence-corrected chi connectivity index (χ2v) is 5.77. The molecule has 0 unspecified atom stereocenters. The Hall–Kier alpha value is -2.49. The minimum absolute atomic E-state index is 0.0564. The number of rotatable bonds is 3. The predicted molar refractivity (Wildman–Crippen MR) is 89.1 cm³/mol. The lowest BCUT2D eigenvalue weighted by Crippen LogP contribution is -2.27. The molecule has 0 saturated heterocycles. The number of amides is 1. The highest BCUT2D eigenvalue weighted by Gasteiger charge is 2.18. The zero-order chi connectivity index (χ0) is 16.2. The minimum Gasteiger partial charge on any atom is -0.490 e. The van der Waals surface area contributed by atoms with Gasteiger partial charge in [-0.15, -0.1) is 0 Å². The molecule has 1 N–H and O–H groups in total. The van der Waals surface area contributed by atoms with Crippen LogP contribution in [0.2, 0.25) is 0 Å². The Morgan fingerprint density at radius 3 is 2.43 bits per heavy atom. The average Bonchev–Trinajstić information content (AvgIpc) is 2.79. The Kier molecular flexibility index (Phi) is 4.51. The van der Waals surface area contributed by atoms with E-state index in [2.05, 4.69) is 5.32 Å². The number of carbonyl (C=O) groups is 1. The van der Waals surface area contributed by atoms with E-state index in [1.165, 1.54) is 0 Å². The Balaban J connectivity index is 1.81. The number of hydrogen-bond donors (Lipinski definition) is 1. The minimum atomic E-state index is -0.102. The van der Waals surface area contributed by atoms with Gasteiger partial charge in [-0.3, -0.25) is 4.79 Å². The van der Waals surface area contributed by atoms with E-state index >= 15 is 0 Å². The molecule has 1 aliphatic rings. The van der Waals surface area contributed by atoms with Crippen molar-refractivity contribution in [3.8, 4) is 11.5 Å². The second-order valence-electron chi connectivity index (χ2n) is 5.77. The smallest absolute Gasteiger partial charge is 0.252 e. The summed E-state index contributed by atoms with van der Waals surface area (Å²) in [6, 6.07) is 13.5. The summed E-state index contributed by atoms with van der Waals surface area (Å²) >= 11 is 0. The number of ether oxygens (including phenoxy) is 2. The Morgan fingerprint density at radius 2 is 1.74 bits per heavy atom. The van der Waals surface area contributed by atoms with Crippen molar-refractivity contribution in [2.24, 2.45) is 0 Å². The number of hydrogen-bond acceptors (Lipinski definition) is 3. The van der Waals surface area contributed by atoms with Crippen molar-refractivity contribution in [3.05, 3.63) is 59.2 Å². The van der Waals surface area contributed by atoms with Crippen LogP contribution in [0.5, 0.6) is 11.5 Å². The second kappa shape index (κ2) is 6.73. The lowest BCUT2D eigenvalue weighted by Gasteiger charge is -2.17.